The molecule has 0 saturated heterocycles. The maximum absolute atomic E-state index is 12.9. The molecule has 2 aromatic carbocycles. The second-order valence-corrected chi connectivity index (χ2v) is 10.2. The first-order valence-electron chi connectivity index (χ1n) is 9.42. The van der Waals surface area contributed by atoms with E-state index in [0.29, 0.717) is 29.7 Å². The number of nitrogens with one attached hydrogen (secondary N) is 1. The van der Waals surface area contributed by atoms with Crippen LogP contribution in [0.5, 0.6) is 0 Å². The number of nitroso groups, excluding NO2 is 1. The lowest BCUT2D eigenvalue weighted by Crippen LogP contribution is -2.42. The minimum atomic E-state index is -3.47. The van der Waals surface area contributed by atoms with Gasteiger partial charge in [0.15, 0.2) is 9.84 Å². The van der Waals surface area contributed by atoms with Crippen LogP contribution in [0.4, 0.5) is 0 Å². The predicted octanol–water partition coefficient (Wildman–Crippen LogP) is 2.86. The smallest absolute Gasteiger partial charge is 0.326 e. The average Bonchev–Trinajstić information content (AvgIpc) is 2.72. The SMILES string of the molecule is CS(=O)(=O)c1cccc(CC(NC(=O)c2c(Cl)cc3c(c2Cl)CCN(N=O)C3)C(=O)O)c1. The second-order valence-electron chi connectivity index (χ2n) is 7.39. The number of halogens is 2. The minimum Gasteiger partial charge on any atom is -0.480 e. The number of hydrogen-bond donors (Lipinski definition) is 2. The third-order valence-corrected chi connectivity index (χ3v) is 6.92. The molecule has 1 heterocycles. The third-order valence-electron chi connectivity index (χ3n) is 5.10. The lowest BCUT2D eigenvalue weighted by molar-refractivity contribution is -0.139. The van der Waals surface area contributed by atoms with Crippen molar-refractivity contribution in [1.29, 1.82) is 0 Å². The molecule has 32 heavy (non-hydrogen) atoms. The van der Waals surface area contributed by atoms with E-state index < -0.39 is 27.8 Å². The van der Waals surface area contributed by atoms with E-state index in [1.807, 2.05) is 0 Å². The Balaban J connectivity index is 1.86. The zero-order valence-corrected chi connectivity index (χ0v) is 19.2. The van der Waals surface area contributed by atoms with Crippen molar-refractivity contribution in [1.82, 2.24) is 10.3 Å². The Bertz CT molecular complexity index is 1200. The van der Waals surface area contributed by atoms with Crippen molar-refractivity contribution in [3.05, 3.63) is 67.5 Å². The van der Waals surface area contributed by atoms with Gasteiger partial charge in [-0.1, -0.05) is 35.3 Å². The first-order chi connectivity index (χ1) is 15.0. The number of benzene rings is 2. The van der Waals surface area contributed by atoms with E-state index >= 15 is 0 Å². The molecule has 1 aliphatic heterocycles. The first kappa shape index (κ1) is 24.0. The number of sulfone groups is 1. The second kappa shape index (κ2) is 9.43. The molecule has 0 saturated carbocycles. The van der Waals surface area contributed by atoms with Gasteiger partial charge in [-0.3, -0.25) is 9.80 Å². The van der Waals surface area contributed by atoms with Gasteiger partial charge in [0.25, 0.3) is 5.91 Å². The van der Waals surface area contributed by atoms with Crippen LogP contribution in [-0.2, 0) is 34.0 Å². The fourth-order valence-electron chi connectivity index (χ4n) is 3.48. The van der Waals surface area contributed by atoms with Gasteiger partial charge in [-0.25, -0.2) is 13.2 Å². The van der Waals surface area contributed by atoms with E-state index in [2.05, 4.69) is 10.6 Å². The van der Waals surface area contributed by atoms with Crippen LogP contribution < -0.4 is 5.32 Å². The maximum Gasteiger partial charge on any atom is 0.326 e. The van der Waals surface area contributed by atoms with Gasteiger partial charge in [0, 0.05) is 19.2 Å². The molecule has 1 aliphatic rings. The fourth-order valence-corrected chi connectivity index (χ4v) is 4.94. The van der Waals surface area contributed by atoms with Gasteiger partial charge in [-0.2, -0.15) is 0 Å². The molecule has 1 unspecified atom stereocenters. The van der Waals surface area contributed by atoms with Crippen molar-refractivity contribution in [2.75, 3.05) is 12.8 Å². The number of rotatable bonds is 7. The molecular formula is C20H19Cl2N3O6S. The Labute approximate surface area is 194 Å². The highest BCUT2D eigenvalue weighted by molar-refractivity contribution is 7.90. The molecule has 0 fully saturated rings. The van der Waals surface area contributed by atoms with Crippen molar-refractivity contribution < 1.29 is 23.1 Å². The standard InChI is InChI=1S/C20H19Cl2N3O6S/c1-32(30,31)13-4-2-3-11(7-13)8-16(20(27)28)23-19(26)17-15(21)9-12-10-25(24-29)6-5-14(12)18(17)22/h2-4,7,9,16H,5-6,8,10H2,1H3,(H,23,26)(H,27,28). The van der Waals surface area contributed by atoms with E-state index in [9.17, 15) is 28.0 Å². The highest BCUT2D eigenvalue weighted by Gasteiger charge is 2.28. The number of carbonyl (C=O) groups is 2. The highest BCUT2D eigenvalue weighted by atomic mass is 35.5. The Kier molecular flexibility index (Phi) is 7.06. The predicted molar refractivity (Wildman–Crippen MR) is 119 cm³/mol. The summed E-state index contributed by atoms with van der Waals surface area (Å²) in [5.41, 5.74) is 1.67. The Morgan fingerprint density at radius 2 is 2.00 bits per heavy atom. The van der Waals surface area contributed by atoms with E-state index in [1.54, 1.807) is 6.07 Å². The first-order valence-corrected chi connectivity index (χ1v) is 12.1. The highest BCUT2D eigenvalue weighted by Crippen LogP contribution is 2.34. The summed E-state index contributed by atoms with van der Waals surface area (Å²) in [5.74, 6) is -2.08. The molecule has 9 nitrogen and oxygen atoms in total. The van der Waals surface area contributed by atoms with Crippen molar-refractivity contribution >= 4 is 44.9 Å². The van der Waals surface area contributed by atoms with Gasteiger partial charge in [-0.15, -0.1) is 4.91 Å². The topological polar surface area (TPSA) is 133 Å². The Morgan fingerprint density at radius 3 is 2.62 bits per heavy atom. The molecular weight excluding hydrogens is 481 g/mol. The molecule has 1 atom stereocenters. The van der Waals surface area contributed by atoms with Gasteiger partial charge in [0.2, 0.25) is 0 Å². The summed E-state index contributed by atoms with van der Waals surface area (Å²) in [7, 11) is -3.47. The van der Waals surface area contributed by atoms with E-state index in [4.69, 9.17) is 23.2 Å². The number of nitrogens with zero attached hydrogens (tertiary/aromatic N) is 2. The van der Waals surface area contributed by atoms with Crippen LogP contribution in [0, 0.1) is 4.91 Å². The molecule has 12 heteroatoms. The summed E-state index contributed by atoms with van der Waals surface area (Å²) in [6.07, 6.45) is 1.27. The third kappa shape index (κ3) is 5.20. The average molecular weight is 500 g/mol. The van der Waals surface area contributed by atoms with Gasteiger partial charge in [-0.05, 0) is 41.3 Å². The Hall–Kier alpha value is -2.69. The van der Waals surface area contributed by atoms with E-state index in [-0.39, 0.29) is 33.5 Å². The van der Waals surface area contributed by atoms with Crippen LogP contribution in [0.3, 0.4) is 0 Å². The van der Waals surface area contributed by atoms with Crippen molar-refractivity contribution in [3.8, 4) is 0 Å². The lowest BCUT2D eigenvalue weighted by Gasteiger charge is -2.26. The normalized spacial score (nSPS) is 14.4. The summed E-state index contributed by atoms with van der Waals surface area (Å²) < 4.78 is 23.5. The monoisotopic (exact) mass is 499 g/mol. The largest absolute Gasteiger partial charge is 0.480 e. The molecule has 2 N–H and O–H groups in total. The number of carbonyl (C=O) groups excluding carboxylic acids is 1. The van der Waals surface area contributed by atoms with Crippen LogP contribution in [0.15, 0.2) is 40.5 Å². The lowest BCUT2D eigenvalue weighted by atomic mass is 9.97. The van der Waals surface area contributed by atoms with Gasteiger partial charge in [0.05, 0.1) is 32.3 Å². The van der Waals surface area contributed by atoms with Crippen LogP contribution >= 0.6 is 23.2 Å². The molecule has 0 aliphatic carbocycles. The number of fused-ring (bicyclic) bond motifs is 1. The minimum absolute atomic E-state index is 0.0159. The number of carboxylic acids is 1. The number of aliphatic carboxylic acids is 1. The van der Waals surface area contributed by atoms with Gasteiger partial charge < -0.3 is 10.4 Å². The summed E-state index contributed by atoms with van der Waals surface area (Å²) in [5, 5.41) is 16.3. The van der Waals surface area contributed by atoms with Gasteiger partial charge in [0.1, 0.15) is 6.04 Å². The quantitative estimate of drug-likeness (QED) is 0.559. The summed E-state index contributed by atoms with van der Waals surface area (Å²) in [4.78, 5) is 35.5. The number of carboxylic acid groups (broad SMARTS) is 1. The van der Waals surface area contributed by atoms with Crippen molar-refractivity contribution in [3.63, 3.8) is 0 Å². The molecule has 0 aromatic heterocycles. The fraction of sp³-hybridized carbons (Fsp3) is 0.300. The van der Waals surface area contributed by atoms with Gasteiger partial charge >= 0.3 is 5.97 Å². The molecule has 3 rings (SSSR count). The van der Waals surface area contributed by atoms with Crippen LogP contribution in [0.25, 0.3) is 0 Å². The summed E-state index contributed by atoms with van der Waals surface area (Å²) in [6.45, 7) is 0.530. The van der Waals surface area contributed by atoms with E-state index in [1.165, 1.54) is 29.3 Å². The Morgan fingerprint density at radius 1 is 1.28 bits per heavy atom. The zero-order valence-electron chi connectivity index (χ0n) is 16.8. The molecule has 170 valence electrons. The summed E-state index contributed by atoms with van der Waals surface area (Å²) >= 11 is 12.7. The molecule has 2 aromatic rings. The van der Waals surface area contributed by atoms with Crippen LogP contribution in [0.1, 0.15) is 27.0 Å². The molecule has 0 bridgehead atoms. The molecule has 1 amide bonds. The summed E-state index contributed by atoms with van der Waals surface area (Å²) in [6, 6.07) is 6.00. The maximum atomic E-state index is 12.9. The van der Waals surface area contributed by atoms with Crippen LogP contribution in [-0.4, -0.2) is 49.3 Å². The van der Waals surface area contributed by atoms with Crippen molar-refractivity contribution in [2.45, 2.75) is 30.3 Å². The molecule has 0 spiro atoms. The molecule has 0 radical (unpaired) electrons. The van der Waals surface area contributed by atoms with E-state index in [0.717, 1.165) is 6.26 Å². The van der Waals surface area contributed by atoms with Crippen LogP contribution in [0.2, 0.25) is 10.0 Å². The zero-order chi connectivity index (χ0) is 23.6. The van der Waals surface area contributed by atoms with Crippen molar-refractivity contribution in [2.24, 2.45) is 5.29 Å². The number of amides is 1. The number of hydrogen-bond acceptors (Lipinski definition) is 6.